The highest BCUT2D eigenvalue weighted by atomic mass is 35.5. The van der Waals surface area contributed by atoms with E-state index in [4.69, 9.17) is 23.2 Å². The van der Waals surface area contributed by atoms with E-state index in [2.05, 4.69) is 4.74 Å². The zero-order valence-electron chi connectivity index (χ0n) is 10.9. The van der Waals surface area contributed by atoms with Gasteiger partial charge in [-0.05, 0) is 18.4 Å². The maximum Gasteiger partial charge on any atom is 0.411 e. The van der Waals surface area contributed by atoms with Crippen LogP contribution in [0.5, 0.6) is 0 Å². The fraction of sp³-hybridized carbons (Fsp3) is 0.571. The predicted octanol–water partition coefficient (Wildman–Crippen LogP) is 4.66. The van der Waals surface area contributed by atoms with Crippen molar-refractivity contribution in [3.8, 4) is 0 Å². The Morgan fingerprint density at radius 1 is 1.00 bits per heavy atom. The lowest BCUT2D eigenvalue weighted by Gasteiger charge is -2.29. The summed E-state index contributed by atoms with van der Waals surface area (Å²) < 4.78 is 40.7. The Hall–Kier alpha value is -0.450. The largest absolute Gasteiger partial charge is 0.411 e. The molecule has 114 valence electrons. The number of hydrogen-bond donors (Lipinski definition) is 0. The minimum absolute atomic E-state index is 0.00815. The van der Waals surface area contributed by atoms with Crippen molar-refractivity contribution in [1.82, 2.24) is 0 Å². The Morgan fingerprint density at radius 2 is 1.60 bits per heavy atom. The van der Waals surface area contributed by atoms with Gasteiger partial charge >= 0.3 is 6.18 Å². The lowest BCUT2D eigenvalue weighted by atomic mass is 9.82. The van der Waals surface area contributed by atoms with Crippen LogP contribution in [0.2, 0.25) is 0 Å². The van der Waals surface area contributed by atoms with Gasteiger partial charge in [0.05, 0.1) is 0 Å². The van der Waals surface area contributed by atoms with E-state index < -0.39 is 18.2 Å². The molecule has 1 rings (SSSR count). The lowest BCUT2D eigenvalue weighted by molar-refractivity contribution is -0.175. The molecular weight excluding hydrogens is 312 g/mol. The molecule has 0 radical (unpaired) electrons. The van der Waals surface area contributed by atoms with Crippen LogP contribution in [0.25, 0.3) is 0 Å². The van der Waals surface area contributed by atoms with Crippen molar-refractivity contribution < 1.29 is 17.9 Å². The molecule has 0 bridgehead atoms. The standard InChI is InChI=1S/C14H17Cl2F3O/c15-9-13(10-16,6-7-20-11-14(17,18)19)8-12-4-2-1-3-5-12/h1-5H,6-11H2. The van der Waals surface area contributed by atoms with E-state index in [0.29, 0.717) is 12.8 Å². The van der Waals surface area contributed by atoms with Gasteiger partial charge in [-0.25, -0.2) is 0 Å². The summed E-state index contributed by atoms with van der Waals surface area (Å²) in [5, 5.41) is 0. The highest BCUT2D eigenvalue weighted by Crippen LogP contribution is 2.31. The fourth-order valence-electron chi connectivity index (χ4n) is 1.86. The summed E-state index contributed by atoms with van der Waals surface area (Å²) in [6.07, 6.45) is -3.29. The molecule has 1 aromatic rings. The Balaban J connectivity index is 2.54. The van der Waals surface area contributed by atoms with E-state index >= 15 is 0 Å². The number of hydrogen-bond acceptors (Lipinski definition) is 1. The van der Waals surface area contributed by atoms with Crippen LogP contribution < -0.4 is 0 Å². The summed E-state index contributed by atoms with van der Waals surface area (Å²) in [5.41, 5.74) is 0.611. The molecule has 0 fully saturated rings. The van der Waals surface area contributed by atoms with Crippen molar-refractivity contribution in [2.24, 2.45) is 5.41 Å². The van der Waals surface area contributed by atoms with Gasteiger partial charge in [0.2, 0.25) is 0 Å². The molecule has 1 aromatic carbocycles. The molecule has 0 aliphatic carbocycles. The topological polar surface area (TPSA) is 9.23 Å². The summed E-state index contributed by atoms with van der Waals surface area (Å²) in [7, 11) is 0. The van der Waals surface area contributed by atoms with Crippen molar-refractivity contribution in [3.05, 3.63) is 35.9 Å². The SMILES string of the molecule is FC(F)(F)COCCC(CCl)(CCl)Cc1ccccc1. The third-order valence-electron chi connectivity index (χ3n) is 3.03. The molecule has 0 saturated heterocycles. The van der Waals surface area contributed by atoms with Crippen LogP contribution in [-0.2, 0) is 11.2 Å². The van der Waals surface area contributed by atoms with E-state index in [1.165, 1.54) is 0 Å². The molecule has 0 spiro atoms. The summed E-state index contributed by atoms with van der Waals surface area (Å²) in [4.78, 5) is 0. The smallest absolute Gasteiger partial charge is 0.372 e. The van der Waals surface area contributed by atoms with Crippen LogP contribution in [0, 0.1) is 5.41 Å². The van der Waals surface area contributed by atoms with Gasteiger partial charge in [-0.3, -0.25) is 0 Å². The average molecular weight is 329 g/mol. The lowest BCUT2D eigenvalue weighted by Crippen LogP contribution is -2.30. The maximum absolute atomic E-state index is 12.0. The van der Waals surface area contributed by atoms with E-state index in [0.717, 1.165) is 5.56 Å². The molecule has 0 heterocycles. The number of halogens is 5. The minimum atomic E-state index is -4.30. The third kappa shape index (κ3) is 6.33. The summed E-state index contributed by atoms with van der Waals surface area (Å²) in [6.45, 7) is -1.25. The Labute approximate surface area is 127 Å². The Kier molecular flexibility index (Phi) is 7.13. The normalized spacial score (nSPS) is 12.7. The molecule has 0 aliphatic heterocycles. The zero-order valence-corrected chi connectivity index (χ0v) is 12.4. The van der Waals surface area contributed by atoms with Gasteiger partial charge in [-0.15, -0.1) is 23.2 Å². The van der Waals surface area contributed by atoms with Gasteiger partial charge in [0.15, 0.2) is 0 Å². The van der Waals surface area contributed by atoms with Gasteiger partial charge in [-0.1, -0.05) is 30.3 Å². The van der Waals surface area contributed by atoms with Gasteiger partial charge in [0.25, 0.3) is 0 Å². The molecule has 20 heavy (non-hydrogen) atoms. The van der Waals surface area contributed by atoms with E-state index in [-0.39, 0.29) is 18.4 Å². The van der Waals surface area contributed by atoms with Crippen LogP contribution in [0.4, 0.5) is 13.2 Å². The van der Waals surface area contributed by atoms with E-state index in [9.17, 15) is 13.2 Å². The summed E-state index contributed by atoms with van der Waals surface area (Å²) in [5.74, 6) is 0.557. The van der Waals surface area contributed by atoms with Crippen LogP contribution in [0.3, 0.4) is 0 Å². The van der Waals surface area contributed by atoms with E-state index in [1.54, 1.807) is 0 Å². The third-order valence-corrected chi connectivity index (χ3v) is 4.17. The quantitative estimate of drug-likeness (QED) is 0.498. The summed E-state index contributed by atoms with van der Waals surface area (Å²) >= 11 is 12.0. The molecule has 0 atom stereocenters. The molecule has 0 unspecified atom stereocenters. The highest BCUT2D eigenvalue weighted by Gasteiger charge is 2.31. The van der Waals surface area contributed by atoms with Gasteiger partial charge in [-0.2, -0.15) is 13.2 Å². The van der Waals surface area contributed by atoms with Crippen molar-refractivity contribution in [2.45, 2.75) is 19.0 Å². The Morgan fingerprint density at radius 3 is 2.10 bits per heavy atom. The van der Waals surface area contributed by atoms with Gasteiger partial charge in [0, 0.05) is 23.8 Å². The monoisotopic (exact) mass is 328 g/mol. The van der Waals surface area contributed by atoms with Crippen LogP contribution in [0.1, 0.15) is 12.0 Å². The van der Waals surface area contributed by atoms with Crippen LogP contribution in [-0.4, -0.2) is 31.2 Å². The van der Waals surface area contributed by atoms with Crippen molar-refractivity contribution in [2.75, 3.05) is 25.0 Å². The van der Waals surface area contributed by atoms with Crippen LogP contribution >= 0.6 is 23.2 Å². The van der Waals surface area contributed by atoms with E-state index in [1.807, 2.05) is 30.3 Å². The highest BCUT2D eigenvalue weighted by molar-refractivity contribution is 6.21. The molecule has 6 heteroatoms. The maximum atomic E-state index is 12.0. The first-order valence-electron chi connectivity index (χ1n) is 6.21. The molecule has 0 N–H and O–H groups in total. The second-order valence-corrected chi connectivity index (χ2v) is 5.38. The number of alkyl halides is 5. The van der Waals surface area contributed by atoms with Gasteiger partial charge < -0.3 is 4.74 Å². The molecule has 0 amide bonds. The number of rotatable bonds is 8. The fourth-order valence-corrected chi connectivity index (χ4v) is 2.60. The average Bonchev–Trinajstić information content (AvgIpc) is 2.42. The first-order chi connectivity index (χ1) is 9.41. The van der Waals surface area contributed by atoms with Crippen molar-refractivity contribution >= 4 is 23.2 Å². The minimum Gasteiger partial charge on any atom is -0.372 e. The second-order valence-electron chi connectivity index (χ2n) is 4.85. The number of benzene rings is 1. The second kappa shape index (κ2) is 8.11. The van der Waals surface area contributed by atoms with Gasteiger partial charge in [0.1, 0.15) is 6.61 Å². The van der Waals surface area contributed by atoms with Crippen molar-refractivity contribution in [1.29, 1.82) is 0 Å². The van der Waals surface area contributed by atoms with Crippen LogP contribution in [0.15, 0.2) is 30.3 Å². The first kappa shape index (κ1) is 17.6. The zero-order chi connectivity index (χ0) is 15.1. The molecule has 0 aliphatic rings. The van der Waals surface area contributed by atoms with Crippen molar-refractivity contribution in [3.63, 3.8) is 0 Å². The molecule has 0 saturated carbocycles. The predicted molar refractivity (Wildman–Crippen MR) is 75.5 cm³/mol. The molecule has 1 nitrogen and oxygen atoms in total. The Bertz CT molecular complexity index is 378. The summed E-state index contributed by atoms with van der Waals surface area (Å²) in [6, 6.07) is 9.61. The molecule has 0 aromatic heterocycles. The molecular formula is C14H17Cl2F3O. The number of ether oxygens (including phenoxy) is 1. The first-order valence-corrected chi connectivity index (χ1v) is 7.28.